The van der Waals surface area contributed by atoms with Gasteiger partial charge in [0.15, 0.2) is 0 Å². The summed E-state index contributed by atoms with van der Waals surface area (Å²) in [6.07, 6.45) is 0.874. The Labute approximate surface area is 74.9 Å². The first kappa shape index (κ1) is 11.9. The minimum absolute atomic E-state index is 0.273. The molecule has 0 amide bonds. The molecule has 0 radical (unpaired) electrons. The third kappa shape index (κ3) is 6.58. The van der Waals surface area contributed by atoms with Crippen molar-refractivity contribution < 1.29 is 9.84 Å². The van der Waals surface area contributed by atoms with E-state index in [1.807, 2.05) is 13.8 Å². The van der Waals surface area contributed by atoms with Gasteiger partial charge in [0.2, 0.25) is 0 Å². The van der Waals surface area contributed by atoms with Gasteiger partial charge in [-0.25, -0.2) is 0 Å². The maximum absolute atomic E-state index is 9.32. The first-order valence-corrected chi connectivity index (χ1v) is 4.36. The van der Waals surface area contributed by atoms with Gasteiger partial charge in [0.05, 0.1) is 18.8 Å². The van der Waals surface area contributed by atoms with Crippen molar-refractivity contribution in [1.29, 1.82) is 0 Å². The fourth-order valence-electron chi connectivity index (χ4n) is 0.636. The maximum Gasteiger partial charge on any atom is 0.0824 e. The molecule has 0 saturated heterocycles. The fourth-order valence-corrected chi connectivity index (χ4v) is 0.636. The molecule has 0 rings (SSSR count). The number of hydrogen-bond acceptors (Lipinski definition) is 3. The highest BCUT2D eigenvalue weighted by molar-refractivity contribution is 4.76. The van der Waals surface area contributed by atoms with Gasteiger partial charge < -0.3 is 15.6 Å². The monoisotopic (exact) mass is 175 g/mol. The van der Waals surface area contributed by atoms with Crippen molar-refractivity contribution in [2.24, 2.45) is 5.73 Å². The van der Waals surface area contributed by atoms with E-state index in [1.54, 1.807) is 13.8 Å². The smallest absolute Gasteiger partial charge is 0.0824 e. The molecule has 3 heteroatoms. The van der Waals surface area contributed by atoms with Crippen LogP contribution in [0.15, 0.2) is 0 Å². The summed E-state index contributed by atoms with van der Waals surface area (Å²) in [5, 5.41) is 9.32. The van der Waals surface area contributed by atoms with E-state index in [0.717, 1.165) is 6.42 Å². The van der Waals surface area contributed by atoms with Crippen LogP contribution in [0.4, 0.5) is 0 Å². The maximum atomic E-state index is 9.32. The summed E-state index contributed by atoms with van der Waals surface area (Å²) in [5.74, 6) is 0. The highest BCUT2D eigenvalue weighted by atomic mass is 16.5. The van der Waals surface area contributed by atoms with E-state index >= 15 is 0 Å². The van der Waals surface area contributed by atoms with E-state index in [4.69, 9.17) is 10.5 Å². The Kier molecular flexibility index (Phi) is 4.17. The van der Waals surface area contributed by atoms with Gasteiger partial charge in [-0.1, -0.05) is 6.92 Å². The van der Waals surface area contributed by atoms with Crippen molar-refractivity contribution in [3.63, 3.8) is 0 Å². The molecule has 0 aromatic heterocycles. The van der Waals surface area contributed by atoms with E-state index in [1.165, 1.54) is 0 Å². The van der Waals surface area contributed by atoms with Crippen molar-refractivity contribution in [3.05, 3.63) is 0 Å². The highest BCUT2D eigenvalue weighted by Crippen LogP contribution is 2.07. The van der Waals surface area contributed by atoms with Crippen LogP contribution >= 0.6 is 0 Å². The van der Waals surface area contributed by atoms with Crippen molar-refractivity contribution in [3.8, 4) is 0 Å². The quantitative estimate of drug-likeness (QED) is 0.652. The van der Waals surface area contributed by atoms with Crippen molar-refractivity contribution in [2.45, 2.75) is 45.3 Å². The number of rotatable bonds is 5. The lowest BCUT2D eigenvalue weighted by atomic mass is 10.0. The Morgan fingerprint density at radius 3 is 2.08 bits per heavy atom. The normalized spacial score (nSPS) is 17.5. The Balaban J connectivity index is 3.57. The van der Waals surface area contributed by atoms with Gasteiger partial charge >= 0.3 is 0 Å². The van der Waals surface area contributed by atoms with Crippen LogP contribution in [0.3, 0.4) is 0 Å². The molecule has 0 aliphatic carbocycles. The molecule has 3 nitrogen and oxygen atoms in total. The highest BCUT2D eigenvalue weighted by Gasteiger charge is 2.18. The minimum atomic E-state index is -0.760. The number of ether oxygens (including phenoxy) is 1. The zero-order valence-electron chi connectivity index (χ0n) is 8.55. The molecular weight excluding hydrogens is 154 g/mol. The summed E-state index contributed by atoms with van der Waals surface area (Å²) in [7, 11) is 0. The van der Waals surface area contributed by atoms with E-state index in [9.17, 15) is 5.11 Å². The summed E-state index contributed by atoms with van der Waals surface area (Å²) in [6.45, 7) is 8.22. The number of nitrogens with two attached hydrogens (primary N) is 1. The van der Waals surface area contributed by atoms with Crippen LogP contribution in [-0.2, 0) is 4.74 Å². The largest absolute Gasteiger partial charge is 0.388 e. The summed E-state index contributed by atoms with van der Waals surface area (Å²) in [6, 6.07) is 0. The SMILES string of the molecule is CCC(C)(N)COCC(C)(C)O. The molecular formula is C9H21NO2. The average molecular weight is 175 g/mol. The standard InChI is InChI=1S/C9H21NO2/c1-5-9(4,10)7-12-6-8(2,3)11/h11H,5-7,10H2,1-4H3. The molecule has 74 valence electrons. The predicted molar refractivity (Wildman–Crippen MR) is 50.0 cm³/mol. The number of hydrogen-bond donors (Lipinski definition) is 2. The van der Waals surface area contributed by atoms with Crippen LogP contribution in [0.5, 0.6) is 0 Å². The number of aliphatic hydroxyl groups is 1. The second-order valence-corrected chi connectivity index (χ2v) is 4.31. The third-order valence-corrected chi connectivity index (χ3v) is 1.69. The zero-order valence-corrected chi connectivity index (χ0v) is 8.55. The molecule has 0 aliphatic rings. The van der Waals surface area contributed by atoms with Gasteiger partial charge in [-0.05, 0) is 27.2 Å². The predicted octanol–water partition coefficient (Wildman–Crippen LogP) is 0.901. The van der Waals surface area contributed by atoms with E-state index in [-0.39, 0.29) is 5.54 Å². The summed E-state index contributed by atoms with van der Waals surface area (Å²) >= 11 is 0. The van der Waals surface area contributed by atoms with Gasteiger partial charge in [0.1, 0.15) is 0 Å². The van der Waals surface area contributed by atoms with Crippen molar-refractivity contribution >= 4 is 0 Å². The first-order chi connectivity index (χ1) is 5.27. The minimum Gasteiger partial charge on any atom is -0.388 e. The van der Waals surface area contributed by atoms with E-state index in [2.05, 4.69) is 0 Å². The lowest BCUT2D eigenvalue weighted by Gasteiger charge is -2.25. The summed E-state index contributed by atoms with van der Waals surface area (Å²) in [4.78, 5) is 0. The Morgan fingerprint density at radius 2 is 1.75 bits per heavy atom. The van der Waals surface area contributed by atoms with E-state index < -0.39 is 5.60 Å². The summed E-state index contributed by atoms with van der Waals surface area (Å²) in [5.41, 5.74) is 4.81. The zero-order chi connectivity index (χ0) is 9.83. The molecule has 0 bridgehead atoms. The molecule has 0 spiro atoms. The Morgan fingerprint density at radius 1 is 1.25 bits per heavy atom. The van der Waals surface area contributed by atoms with Gasteiger partial charge in [-0.15, -0.1) is 0 Å². The van der Waals surface area contributed by atoms with Crippen LogP contribution in [0.1, 0.15) is 34.1 Å². The second-order valence-electron chi connectivity index (χ2n) is 4.31. The topological polar surface area (TPSA) is 55.5 Å². The van der Waals surface area contributed by atoms with E-state index in [0.29, 0.717) is 13.2 Å². The molecule has 3 N–H and O–H groups in total. The molecule has 0 aromatic rings. The lowest BCUT2D eigenvalue weighted by molar-refractivity contribution is -0.0328. The molecule has 0 fully saturated rings. The average Bonchev–Trinajstić information content (AvgIpc) is 1.84. The molecule has 1 unspecified atom stereocenters. The third-order valence-electron chi connectivity index (χ3n) is 1.69. The van der Waals surface area contributed by atoms with Crippen LogP contribution in [0, 0.1) is 0 Å². The van der Waals surface area contributed by atoms with Crippen LogP contribution < -0.4 is 5.73 Å². The van der Waals surface area contributed by atoms with Gasteiger partial charge in [0, 0.05) is 5.54 Å². The summed E-state index contributed by atoms with van der Waals surface area (Å²) < 4.78 is 5.28. The van der Waals surface area contributed by atoms with Crippen LogP contribution in [-0.4, -0.2) is 29.5 Å². The molecule has 12 heavy (non-hydrogen) atoms. The molecule has 0 aromatic carbocycles. The van der Waals surface area contributed by atoms with Gasteiger partial charge in [-0.2, -0.15) is 0 Å². The Bertz CT molecular complexity index is 127. The van der Waals surface area contributed by atoms with Crippen LogP contribution in [0.2, 0.25) is 0 Å². The fraction of sp³-hybridized carbons (Fsp3) is 1.00. The molecule has 0 aliphatic heterocycles. The van der Waals surface area contributed by atoms with Gasteiger partial charge in [-0.3, -0.25) is 0 Å². The van der Waals surface area contributed by atoms with Crippen molar-refractivity contribution in [2.75, 3.05) is 13.2 Å². The van der Waals surface area contributed by atoms with Crippen LogP contribution in [0.25, 0.3) is 0 Å². The lowest BCUT2D eigenvalue weighted by Crippen LogP contribution is -2.42. The van der Waals surface area contributed by atoms with Gasteiger partial charge in [0.25, 0.3) is 0 Å². The molecule has 1 atom stereocenters. The Hall–Kier alpha value is -0.120. The first-order valence-electron chi connectivity index (χ1n) is 4.36. The molecule has 0 saturated carbocycles. The molecule has 0 heterocycles. The van der Waals surface area contributed by atoms with Crippen molar-refractivity contribution in [1.82, 2.24) is 0 Å². The second kappa shape index (κ2) is 4.21.